The van der Waals surface area contributed by atoms with E-state index in [0.717, 1.165) is 22.0 Å². The Morgan fingerprint density at radius 3 is 2.35 bits per heavy atom. The predicted molar refractivity (Wildman–Crippen MR) is 71.3 cm³/mol. The number of hydrogen-bond acceptors (Lipinski definition) is 3. The van der Waals surface area contributed by atoms with Crippen molar-refractivity contribution >= 4 is 22.9 Å². The van der Waals surface area contributed by atoms with Crippen molar-refractivity contribution in [3.05, 3.63) is 34.2 Å². The second kappa shape index (κ2) is 4.67. The SMILES string of the molecule is CC(=O)Nc1ccc(-c2nc(C)sc2C)cc1. The molecule has 0 unspecified atom stereocenters. The molecule has 2 rings (SSSR count). The van der Waals surface area contributed by atoms with Gasteiger partial charge in [-0.05, 0) is 26.0 Å². The van der Waals surface area contributed by atoms with Crippen molar-refractivity contribution in [1.29, 1.82) is 0 Å². The number of nitrogens with one attached hydrogen (secondary N) is 1. The molecule has 3 nitrogen and oxygen atoms in total. The third kappa shape index (κ3) is 2.71. The molecule has 0 saturated heterocycles. The van der Waals surface area contributed by atoms with E-state index < -0.39 is 0 Å². The molecule has 0 aliphatic heterocycles. The van der Waals surface area contributed by atoms with Crippen molar-refractivity contribution in [3.63, 3.8) is 0 Å². The molecule has 0 aliphatic carbocycles. The lowest BCUT2D eigenvalue weighted by Gasteiger charge is -2.03. The van der Waals surface area contributed by atoms with Crippen LogP contribution in [0.2, 0.25) is 0 Å². The van der Waals surface area contributed by atoms with Crippen LogP contribution in [0.15, 0.2) is 24.3 Å². The molecule has 0 radical (unpaired) electrons. The maximum Gasteiger partial charge on any atom is 0.221 e. The van der Waals surface area contributed by atoms with Crippen molar-refractivity contribution in [1.82, 2.24) is 4.98 Å². The molecule has 0 bridgehead atoms. The molecule has 1 amide bonds. The number of amides is 1. The first kappa shape index (κ1) is 11.8. The number of carbonyl (C=O) groups is 1. The molecule has 88 valence electrons. The fraction of sp³-hybridized carbons (Fsp3) is 0.231. The number of benzene rings is 1. The Kier molecular flexibility index (Phi) is 3.24. The number of anilines is 1. The molecule has 0 saturated carbocycles. The van der Waals surface area contributed by atoms with Crippen LogP contribution in [0.25, 0.3) is 11.3 Å². The molecule has 0 atom stereocenters. The van der Waals surface area contributed by atoms with Gasteiger partial charge in [-0.2, -0.15) is 0 Å². The largest absolute Gasteiger partial charge is 0.326 e. The number of rotatable bonds is 2. The quantitative estimate of drug-likeness (QED) is 0.882. The molecule has 0 spiro atoms. The van der Waals surface area contributed by atoms with Gasteiger partial charge in [-0.1, -0.05) is 12.1 Å². The van der Waals surface area contributed by atoms with Crippen LogP contribution >= 0.6 is 11.3 Å². The fourth-order valence-electron chi connectivity index (χ4n) is 1.71. The summed E-state index contributed by atoms with van der Waals surface area (Å²) < 4.78 is 0. The van der Waals surface area contributed by atoms with Crippen LogP contribution in [0, 0.1) is 13.8 Å². The second-order valence-corrected chi connectivity index (χ2v) is 5.30. The van der Waals surface area contributed by atoms with Gasteiger partial charge in [0.25, 0.3) is 0 Å². The summed E-state index contributed by atoms with van der Waals surface area (Å²) >= 11 is 1.70. The maximum absolute atomic E-state index is 10.9. The number of thiazole rings is 1. The number of nitrogens with zero attached hydrogens (tertiary/aromatic N) is 1. The van der Waals surface area contributed by atoms with Crippen LogP contribution in [0.5, 0.6) is 0 Å². The fourth-order valence-corrected chi connectivity index (χ4v) is 2.55. The molecule has 1 heterocycles. The Bertz CT molecular complexity index is 543. The van der Waals surface area contributed by atoms with Crippen molar-refractivity contribution in [2.45, 2.75) is 20.8 Å². The topological polar surface area (TPSA) is 42.0 Å². The lowest BCUT2D eigenvalue weighted by Crippen LogP contribution is -2.05. The molecular formula is C13H14N2OS. The average molecular weight is 246 g/mol. The maximum atomic E-state index is 10.9. The zero-order chi connectivity index (χ0) is 12.4. The summed E-state index contributed by atoms with van der Waals surface area (Å²) in [4.78, 5) is 16.6. The molecule has 0 fully saturated rings. The van der Waals surface area contributed by atoms with E-state index in [0.29, 0.717) is 0 Å². The Hall–Kier alpha value is -1.68. The Morgan fingerprint density at radius 1 is 1.24 bits per heavy atom. The third-order valence-corrected chi connectivity index (χ3v) is 3.27. The molecule has 4 heteroatoms. The molecule has 2 aromatic rings. The Labute approximate surface area is 105 Å². The number of aromatic nitrogens is 1. The normalized spacial score (nSPS) is 10.3. The highest BCUT2D eigenvalue weighted by molar-refractivity contribution is 7.11. The van der Waals surface area contributed by atoms with Crippen LogP contribution in [-0.4, -0.2) is 10.9 Å². The van der Waals surface area contributed by atoms with Crippen molar-refractivity contribution in [3.8, 4) is 11.3 Å². The first-order chi connectivity index (χ1) is 8.06. The van der Waals surface area contributed by atoms with E-state index in [1.165, 1.54) is 11.8 Å². The molecule has 1 aromatic carbocycles. The zero-order valence-corrected chi connectivity index (χ0v) is 10.9. The Morgan fingerprint density at radius 2 is 1.88 bits per heavy atom. The van der Waals surface area contributed by atoms with Gasteiger partial charge in [-0.25, -0.2) is 4.98 Å². The molecular weight excluding hydrogens is 232 g/mol. The lowest BCUT2D eigenvalue weighted by molar-refractivity contribution is -0.114. The van der Waals surface area contributed by atoms with Crippen LogP contribution in [0.1, 0.15) is 16.8 Å². The van der Waals surface area contributed by atoms with Crippen molar-refractivity contribution < 1.29 is 4.79 Å². The predicted octanol–water partition coefficient (Wildman–Crippen LogP) is 3.39. The van der Waals surface area contributed by atoms with Gasteiger partial charge >= 0.3 is 0 Å². The van der Waals surface area contributed by atoms with E-state index in [4.69, 9.17) is 0 Å². The van der Waals surface area contributed by atoms with Crippen molar-refractivity contribution in [2.24, 2.45) is 0 Å². The van der Waals surface area contributed by atoms with Gasteiger partial charge in [-0.3, -0.25) is 4.79 Å². The number of hydrogen-bond donors (Lipinski definition) is 1. The van der Waals surface area contributed by atoms with Crippen LogP contribution < -0.4 is 5.32 Å². The van der Waals surface area contributed by atoms with Gasteiger partial charge in [0.05, 0.1) is 10.7 Å². The van der Waals surface area contributed by atoms with Gasteiger partial charge in [0, 0.05) is 23.1 Å². The van der Waals surface area contributed by atoms with E-state index >= 15 is 0 Å². The first-order valence-corrected chi connectivity index (χ1v) is 6.20. The highest BCUT2D eigenvalue weighted by atomic mass is 32.1. The van der Waals surface area contributed by atoms with Gasteiger partial charge in [-0.15, -0.1) is 11.3 Å². The van der Waals surface area contributed by atoms with Crippen LogP contribution in [0.3, 0.4) is 0 Å². The summed E-state index contributed by atoms with van der Waals surface area (Å²) in [6.45, 7) is 5.58. The molecule has 17 heavy (non-hydrogen) atoms. The molecule has 1 aromatic heterocycles. The van der Waals surface area contributed by atoms with E-state index in [-0.39, 0.29) is 5.91 Å². The minimum Gasteiger partial charge on any atom is -0.326 e. The lowest BCUT2D eigenvalue weighted by atomic mass is 10.1. The van der Waals surface area contributed by atoms with E-state index in [9.17, 15) is 4.79 Å². The van der Waals surface area contributed by atoms with Gasteiger partial charge in [0.15, 0.2) is 0 Å². The van der Waals surface area contributed by atoms with E-state index in [1.54, 1.807) is 11.3 Å². The molecule has 1 N–H and O–H groups in total. The summed E-state index contributed by atoms with van der Waals surface area (Å²) in [6, 6.07) is 7.75. The van der Waals surface area contributed by atoms with Gasteiger partial charge < -0.3 is 5.32 Å². The smallest absolute Gasteiger partial charge is 0.221 e. The monoisotopic (exact) mass is 246 g/mol. The minimum atomic E-state index is -0.0570. The third-order valence-electron chi connectivity index (χ3n) is 2.38. The molecule has 0 aliphatic rings. The average Bonchev–Trinajstić information content (AvgIpc) is 2.58. The standard InChI is InChI=1S/C13H14N2OS/c1-8-13(15-10(3)17-8)11-4-6-12(7-5-11)14-9(2)16/h4-7H,1-3H3,(H,14,16). The second-order valence-electron chi connectivity index (χ2n) is 3.90. The van der Waals surface area contributed by atoms with E-state index in [2.05, 4.69) is 17.2 Å². The highest BCUT2D eigenvalue weighted by Crippen LogP contribution is 2.27. The zero-order valence-electron chi connectivity index (χ0n) is 10.1. The van der Waals surface area contributed by atoms with Crippen molar-refractivity contribution in [2.75, 3.05) is 5.32 Å². The van der Waals surface area contributed by atoms with E-state index in [1.807, 2.05) is 31.2 Å². The number of aryl methyl sites for hydroxylation is 2. The first-order valence-electron chi connectivity index (χ1n) is 5.38. The van der Waals surface area contributed by atoms with Gasteiger partial charge in [0.1, 0.15) is 0 Å². The summed E-state index contributed by atoms with van der Waals surface area (Å²) in [6.07, 6.45) is 0. The highest BCUT2D eigenvalue weighted by Gasteiger charge is 2.07. The summed E-state index contributed by atoms with van der Waals surface area (Å²) in [7, 11) is 0. The minimum absolute atomic E-state index is 0.0570. The summed E-state index contributed by atoms with van der Waals surface area (Å²) in [5.74, 6) is -0.0570. The summed E-state index contributed by atoms with van der Waals surface area (Å²) in [5.41, 5.74) is 2.92. The summed E-state index contributed by atoms with van der Waals surface area (Å²) in [5, 5.41) is 3.82. The van der Waals surface area contributed by atoms with Gasteiger partial charge in [0.2, 0.25) is 5.91 Å². The number of carbonyl (C=O) groups excluding carboxylic acids is 1. The van der Waals surface area contributed by atoms with Crippen LogP contribution in [0.4, 0.5) is 5.69 Å². The Balaban J connectivity index is 2.29. The van der Waals surface area contributed by atoms with Crippen LogP contribution in [-0.2, 0) is 4.79 Å².